The number of benzene rings is 1. The minimum atomic E-state index is 0.284. The molecule has 1 atom stereocenters. The topological polar surface area (TPSA) is 32.8 Å². The van der Waals surface area contributed by atoms with Gasteiger partial charge in [-0.05, 0) is 50.6 Å². The lowest BCUT2D eigenvalue weighted by Crippen LogP contribution is -2.49. The summed E-state index contributed by atoms with van der Waals surface area (Å²) in [6.45, 7) is 7.00. The zero-order valence-electron chi connectivity index (χ0n) is 16.5. The molecule has 4 heteroatoms. The van der Waals surface area contributed by atoms with Crippen LogP contribution in [0.4, 0.5) is 0 Å². The molecular formula is C22H34N2O2. The lowest BCUT2D eigenvalue weighted by Gasteiger charge is -2.43. The van der Waals surface area contributed by atoms with Crippen LogP contribution in [0.15, 0.2) is 24.3 Å². The number of nitrogens with zero attached hydrogens (tertiary/aromatic N) is 2. The first kappa shape index (κ1) is 19.4. The monoisotopic (exact) mass is 358 g/mol. The van der Waals surface area contributed by atoms with E-state index >= 15 is 0 Å². The van der Waals surface area contributed by atoms with Crippen LogP contribution in [-0.4, -0.2) is 61.6 Å². The van der Waals surface area contributed by atoms with Crippen LogP contribution in [0.2, 0.25) is 0 Å². The van der Waals surface area contributed by atoms with Crippen molar-refractivity contribution < 1.29 is 9.53 Å². The lowest BCUT2D eigenvalue weighted by atomic mass is 9.83. The van der Waals surface area contributed by atoms with E-state index in [9.17, 15) is 4.79 Å². The Hall–Kier alpha value is -1.39. The van der Waals surface area contributed by atoms with Gasteiger partial charge in [-0.15, -0.1) is 0 Å². The third-order valence-corrected chi connectivity index (χ3v) is 6.16. The van der Waals surface area contributed by atoms with Crippen molar-refractivity contribution >= 4 is 5.91 Å². The second kappa shape index (κ2) is 9.52. The third-order valence-electron chi connectivity index (χ3n) is 6.16. The van der Waals surface area contributed by atoms with E-state index in [1.807, 2.05) is 0 Å². The number of hydrogen-bond acceptors (Lipinski definition) is 3. The molecule has 1 amide bonds. The Morgan fingerprint density at radius 1 is 1.08 bits per heavy atom. The molecule has 2 aliphatic heterocycles. The molecule has 2 saturated heterocycles. The number of amides is 1. The molecule has 1 aromatic rings. The molecule has 0 aromatic heterocycles. The summed E-state index contributed by atoms with van der Waals surface area (Å²) in [5.74, 6) is 1.02. The van der Waals surface area contributed by atoms with Gasteiger partial charge in [-0.1, -0.05) is 36.2 Å². The third kappa shape index (κ3) is 5.08. The number of likely N-dealkylation sites (tertiary alicyclic amines) is 2. The maximum atomic E-state index is 12.6. The molecule has 0 aliphatic carbocycles. The first-order chi connectivity index (χ1) is 12.7. The summed E-state index contributed by atoms with van der Waals surface area (Å²) in [6.07, 6.45) is 6.80. The van der Waals surface area contributed by atoms with Crippen molar-refractivity contribution in [3.63, 3.8) is 0 Å². The van der Waals surface area contributed by atoms with Gasteiger partial charge in [0.15, 0.2) is 0 Å². The first-order valence-corrected chi connectivity index (χ1v) is 10.2. The molecule has 4 nitrogen and oxygen atoms in total. The average molecular weight is 359 g/mol. The van der Waals surface area contributed by atoms with E-state index in [1.54, 1.807) is 7.11 Å². The molecule has 3 rings (SSSR count). The number of hydrogen-bond donors (Lipinski definition) is 0. The highest BCUT2D eigenvalue weighted by molar-refractivity contribution is 5.78. The summed E-state index contributed by atoms with van der Waals surface area (Å²) in [6, 6.07) is 9.03. The Kier molecular flexibility index (Phi) is 7.09. The fourth-order valence-electron chi connectivity index (χ4n) is 4.56. The van der Waals surface area contributed by atoms with Gasteiger partial charge in [-0.25, -0.2) is 0 Å². The molecule has 0 bridgehead atoms. The molecule has 0 saturated carbocycles. The molecule has 2 fully saturated rings. The fraction of sp³-hybridized carbons (Fsp3) is 0.682. The summed E-state index contributed by atoms with van der Waals surface area (Å²) in [7, 11) is 1.79. The Labute approximate surface area is 158 Å². The van der Waals surface area contributed by atoms with Crippen LogP contribution in [0.5, 0.6) is 0 Å². The van der Waals surface area contributed by atoms with Crippen LogP contribution in [-0.2, 0) is 16.0 Å². The smallest absolute Gasteiger partial charge is 0.226 e. The van der Waals surface area contributed by atoms with Gasteiger partial charge in [0.05, 0.1) is 13.0 Å². The molecule has 2 heterocycles. The van der Waals surface area contributed by atoms with Gasteiger partial charge in [0.1, 0.15) is 0 Å². The summed E-state index contributed by atoms with van der Waals surface area (Å²) in [5.41, 5.74) is 2.37. The van der Waals surface area contributed by atoms with Gasteiger partial charge in [-0.3, -0.25) is 9.69 Å². The van der Waals surface area contributed by atoms with Crippen molar-refractivity contribution in [1.82, 2.24) is 9.80 Å². The van der Waals surface area contributed by atoms with Gasteiger partial charge in [0.25, 0.3) is 0 Å². The van der Waals surface area contributed by atoms with Crippen LogP contribution in [0.1, 0.15) is 43.2 Å². The van der Waals surface area contributed by atoms with Crippen LogP contribution in [0.3, 0.4) is 0 Å². The van der Waals surface area contributed by atoms with Gasteiger partial charge in [0, 0.05) is 32.8 Å². The van der Waals surface area contributed by atoms with Crippen molar-refractivity contribution in [2.45, 2.75) is 51.5 Å². The lowest BCUT2D eigenvalue weighted by molar-refractivity contribution is -0.132. The summed E-state index contributed by atoms with van der Waals surface area (Å²) >= 11 is 0. The summed E-state index contributed by atoms with van der Waals surface area (Å²) in [5, 5.41) is 0. The summed E-state index contributed by atoms with van der Waals surface area (Å²) < 4.78 is 5.30. The molecule has 0 N–H and O–H groups in total. The Bertz CT molecular complexity index is 564. The number of piperidine rings is 2. The van der Waals surface area contributed by atoms with Gasteiger partial charge in [0.2, 0.25) is 5.91 Å². The van der Waals surface area contributed by atoms with E-state index < -0.39 is 0 Å². The van der Waals surface area contributed by atoms with E-state index in [0.717, 1.165) is 50.6 Å². The average Bonchev–Trinajstić information content (AvgIpc) is 2.68. The largest absolute Gasteiger partial charge is 0.383 e. The number of aryl methyl sites for hydroxylation is 1. The Balaban J connectivity index is 1.49. The van der Waals surface area contributed by atoms with Crippen molar-refractivity contribution in [1.29, 1.82) is 0 Å². The number of carbonyl (C=O) groups is 1. The molecular weight excluding hydrogens is 324 g/mol. The highest BCUT2D eigenvalue weighted by Gasteiger charge is 2.33. The van der Waals surface area contributed by atoms with Crippen molar-refractivity contribution in [2.24, 2.45) is 5.92 Å². The maximum Gasteiger partial charge on any atom is 0.226 e. The SMILES string of the molecule is COCCN1CCCC[C@H]1C1CCN(C(=O)Cc2ccc(C)cc2)CC1. The van der Waals surface area contributed by atoms with Crippen molar-refractivity contribution in [3.05, 3.63) is 35.4 Å². The maximum absolute atomic E-state index is 12.6. The van der Waals surface area contributed by atoms with E-state index in [4.69, 9.17) is 4.74 Å². The van der Waals surface area contributed by atoms with Crippen molar-refractivity contribution in [2.75, 3.05) is 39.9 Å². The zero-order chi connectivity index (χ0) is 18.4. The standard InChI is InChI=1S/C22H34N2O2/c1-18-6-8-19(9-7-18)17-22(25)24-13-10-20(11-14-24)21-5-3-4-12-23(21)15-16-26-2/h6-9,20-21H,3-5,10-17H2,1-2H3/t21-/m0/s1. The van der Waals surface area contributed by atoms with Crippen LogP contribution in [0.25, 0.3) is 0 Å². The highest BCUT2D eigenvalue weighted by atomic mass is 16.5. The quantitative estimate of drug-likeness (QED) is 0.782. The highest BCUT2D eigenvalue weighted by Crippen LogP contribution is 2.30. The van der Waals surface area contributed by atoms with Gasteiger partial charge in [-0.2, -0.15) is 0 Å². The van der Waals surface area contributed by atoms with E-state index in [-0.39, 0.29) is 5.91 Å². The van der Waals surface area contributed by atoms with Crippen LogP contribution in [0, 0.1) is 12.8 Å². The number of rotatable bonds is 6. The fourth-order valence-corrected chi connectivity index (χ4v) is 4.56. The Morgan fingerprint density at radius 3 is 2.50 bits per heavy atom. The summed E-state index contributed by atoms with van der Waals surface area (Å²) in [4.78, 5) is 17.4. The molecule has 0 spiro atoms. The Morgan fingerprint density at radius 2 is 1.81 bits per heavy atom. The van der Waals surface area contributed by atoms with Crippen LogP contribution < -0.4 is 0 Å². The molecule has 1 aromatic carbocycles. The minimum absolute atomic E-state index is 0.284. The normalized spacial score (nSPS) is 22.5. The van der Waals surface area contributed by atoms with Gasteiger partial charge >= 0.3 is 0 Å². The van der Waals surface area contributed by atoms with E-state index in [2.05, 4.69) is 41.0 Å². The van der Waals surface area contributed by atoms with E-state index in [0.29, 0.717) is 12.5 Å². The minimum Gasteiger partial charge on any atom is -0.383 e. The van der Waals surface area contributed by atoms with Crippen molar-refractivity contribution in [3.8, 4) is 0 Å². The predicted octanol–water partition coefficient (Wildman–Crippen LogP) is 3.28. The molecule has 26 heavy (non-hydrogen) atoms. The van der Waals surface area contributed by atoms with Crippen LogP contribution >= 0.6 is 0 Å². The molecule has 144 valence electrons. The second-order valence-electron chi connectivity index (χ2n) is 7.97. The predicted molar refractivity (Wildman–Crippen MR) is 105 cm³/mol. The first-order valence-electron chi connectivity index (χ1n) is 10.2. The zero-order valence-corrected chi connectivity index (χ0v) is 16.5. The van der Waals surface area contributed by atoms with Gasteiger partial charge < -0.3 is 9.64 Å². The molecule has 0 unspecified atom stereocenters. The van der Waals surface area contributed by atoms with E-state index in [1.165, 1.54) is 31.4 Å². The molecule has 0 radical (unpaired) electrons. The number of ether oxygens (including phenoxy) is 1. The molecule has 2 aliphatic rings. The number of carbonyl (C=O) groups excluding carboxylic acids is 1. The number of methoxy groups -OCH3 is 1. The second-order valence-corrected chi connectivity index (χ2v) is 7.97.